The van der Waals surface area contributed by atoms with E-state index in [2.05, 4.69) is 5.32 Å². The van der Waals surface area contributed by atoms with E-state index in [9.17, 15) is 18.0 Å². The first kappa shape index (κ1) is 18.3. The van der Waals surface area contributed by atoms with Crippen molar-refractivity contribution < 1.29 is 18.0 Å². The van der Waals surface area contributed by atoms with Crippen molar-refractivity contribution in [1.29, 1.82) is 0 Å². The lowest BCUT2D eigenvalue weighted by atomic mass is 10.1. The van der Waals surface area contributed by atoms with Gasteiger partial charge >= 0.3 is 6.18 Å². The minimum atomic E-state index is -4.38. The molecule has 2 nitrogen and oxygen atoms in total. The lowest BCUT2D eigenvalue weighted by Gasteiger charge is -2.09. The van der Waals surface area contributed by atoms with Gasteiger partial charge < -0.3 is 5.32 Å². The SMILES string of the molecule is O=C(CSCc1cccc2ccccc12)Nc1ccc(C(F)(F)F)cc1. The molecule has 0 aromatic heterocycles. The number of hydrogen-bond acceptors (Lipinski definition) is 2. The summed E-state index contributed by atoms with van der Waals surface area (Å²) in [6.07, 6.45) is -4.38. The van der Waals surface area contributed by atoms with Crippen molar-refractivity contribution in [3.05, 3.63) is 77.9 Å². The highest BCUT2D eigenvalue weighted by Crippen LogP contribution is 2.30. The van der Waals surface area contributed by atoms with Crippen LogP contribution in [0.2, 0.25) is 0 Å². The molecular formula is C20H16F3NOS. The van der Waals surface area contributed by atoms with Crippen molar-refractivity contribution in [2.45, 2.75) is 11.9 Å². The molecule has 0 aliphatic rings. The van der Waals surface area contributed by atoms with Crippen LogP contribution >= 0.6 is 11.8 Å². The summed E-state index contributed by atoms with van der Waals surface area (Å²) < 4.78 is 37.6. The number of anilines is 1. The van der Waals surface area contributed by atoms with Crippen LogP contribution in [-0.4, -0.2) is 11.7 Å². The number of benzene rings is 3. The zero-order valence-corrected chi connectivity index (χ0v) is 14.5. The predicted molar refractivity (Wildman–Crippen MR) is 100 cm³/mol. The second-order valence-corrected chi connectivity index (χ2v) is 6.74. The van der Waals surface area contributed by atoms with Crippen LogP contribution in [0.4, 0.5) is 18.9 Å². The fourth-order valence-electron chi connectivity index (χ4n) is 2.61. The third-order valence-corrected chi connectivity index (χ3v) is 4.85. The van der Waals surface area contributed by atoms with Crippen LogP contribution in [0.1, 0.15) is 11.1 Å². The van der Waals surface area contributed by atoms with Gasteiger partial charge in [-0.25, -0.2) is 0 Å². The van der Waals surface area contributed by atoms with Crippen LogP contribution in [0, 0.1) is 0 Å². The van der Waals surface area contributed by atoms with E-state index >= 15 is 0 Å². The van der Waals surface area contributed by atoms with Gasteiger partial charge in [-0.05, 0) is 40.6 Å². The molecule has 6 heteroatoms. The average molecular weight is 375 g/mol. The number of thioether (sulfide) groups is 1. The third-order valence-electron chi connectivity index (χ3n) is 3.87. The summed E-state index contributed by atoms with van der Waals surface area (Å²) in [6, 6.07) is 18.5. The Kier molecular flexibility index (Phi) is 5.52. The lowest BCUT2D eigenvalue weighted by molar-refractivity contribution is -0.137. The van der Waals surface area contributed by atoms with E-state index in [1.165, 1.54) is 23.9 Å². The van der Waals surface area contributed by atoms with Crippen LogP contribution in [0.5, 0.6) is 0 Å². The molecule has 1 amide bonds. The van der Waals surface area contributed by atoms with Crippen molar-refractivity contribution in [3.8, 4) is 0 Å². The van der Waals surface area contributed by atoms with E-state index in [1.807, 2.05) is 42.5 Å². The molecule has 0 saturated heterocycles. The molecule has 3 aromatic carbocycles. The summed E-state index contributed by atoms with van der Waals surface area (Å²) in [5, 5.41) is 4.93. The Morgan fingerprint density at radius 2 is 1.62 bits per heavy atom. The summed E-state index contributed by atoms with van der Waals surface area (Å²) in [4.78, 5) is 12.0. The van der Waals surface area contributed by atoms with Crippen molar-refractivity contribution in [2.24, 2.45) is 0 Å². The Morgan fingerprint density at radius 1 is 0.923 bits per heavy atom. The maximum atomic E-state index is 12.5. The van der Waals surface area contributed by atoms with Crippen molar-refractivity contribution >= 4 is 34.1 Å². The van der Waals surface area contributed by atoms with Gasteiger partial charge in [0.25, 0.3) is 0 Å². The van der Waals surface area contributed by atoms with Gasteiger partial charge in [-0.1, -0.05) is 42.5 Å². The largest absolute Gasteiger partial charge is 0.416 e. The molecule has 0 bridgehead atoms. The fraction of sp³-hybridized carbons (Fsp3) is 0.150. The van der Waals surface area contributed by atoms with E-state index in [1.54, 1.807) is 0 Å². The minimum Gasteiger partial charge on any atom is -0.325 e. The zero-order valence-electron chi connectivity index (χ0n) is 13.7. The minimum absolute atomic E-state index is 0.226. The predicted octanol–water partition coefficient (Wildman–Crippen LogP) is 5.73. The highest BCUT2D eigenvalue weighted by molar-refractivity contribution is 7.99. The Hall–Kier alpha value is -2.47. The Bertz CT molecular complexity index is 902. The van der Waals surface area contributed by atoms with Crippen LogP contribution in [0.15, 0.2) is 66.7 Å². The van der Waals surface area contributed by atoms with Crippen LogP contribution in [0.25, 0.3) is 10.8 Å². The van der Waals surface area contributed by atoms with Gasteiger partial charge in [-0.2, -0.15) is 13.2 Å². The standard InChI is InChI=1S/C20H16F3NOS/c21-20(22,23)16-8-10-17(11-9-16)24-19(25)13-26-12-15-6-3-5-14-4-1-2-7-18(14)15/h1-11H,12-13H2,(H,24,25). The van der Waals surface area contributed by atoms with E-state index in [-0.39, 0.29) is 11.7 Å². The molecule has 1 N–H and O–H groups in total. The van der Waals surface area contributed by atoms with Gasteiger partial charge in [-0.3, -0.25) is 4.79 Å². The number of amides is 1. The molecular weight excluding hydrogens is 359 g/mol. The van der Waals surface area contributed by atoms with E-state index in [0.29, 0.717) is 11.4 Å². The Labute approximate surface area is 153 Å². The second-order valence-electron chi connectivity index (χ2n) is 5.75. The Morgan fingerprint density at radius 3 is 2.35 bits per heavy atom. The first-order valence-corrected chi connectivity index (χ1v) is 9.10. The van der Waals surface area contributed by atoms with E-state index in [4.69, 9.17) is 0 Å². The molecule has 0 unspecified atom stereocenters. The van der Waals surface area contributed by atoms with Crippen molar-refractivity contribution in [1.82, 2.24) is 0 Å². The monoisotopic (exact) mass is 375 g/mol. The quantitative estimate of drug-likeness (QED) is 0.617. The van der Waals surface area contributed by atoms with Crippen molar-refractivity contribution in [2.75, 3.05) is 11.1 Å². The summed E-state index contributed by atoms with van der Waals surface area (Å²) in [7, 11) is 0. The molecule has 0 spiro atoms. The number of carbonyl (C=O) groups excluding carboxylic acids is 1. The molecule has 0 aliphatic carbocycles. The normalized spacial score (nSPS) is 11.5. The van der Waals surface area contributed by atoms with Crippen LogP contribution in [0.3, 0.4) is 0 Å². The molecule has 0 heterocycles. The van der Waals surface area contributed by atoms with Gasteiger partial charge in [-0.15, -0.1) is 11.8 Å². The number of carbonyl (C=O) groups is 1. The summed E-state index contributed by atoms with van der Waals surface area (Å²) >= 11 is 1.46. The molecule has 3 aromatic rings. The van der Waals surface area contributed by atoms with Crippen LogP contribution in [-0.2, 0) is 16.7 Å². The van der Waals surface area contributed by atoms with E-state index < -0.39 is 11.7 Å². The molecule has 0 saturated carbocycles. The lowest BCUT2D eigenvalue weighted by Crippen LogP contribution is -2.14. The van der Waals surface area contributed by atoms with Gasteiger partial charge in [0.2, 0.25) is 5.91 Å². The van der Waals surface area contributed by atoms with Gasteiger partial charge in [0, 0.05) is 11.4 Å². The molecule has 0 radical (unpaired) electrons. The molecule has 0 fully saturated rings. The molecule has 3 rings (SSSR count). The van der Waals surface area contributed by atoms with Gasteiger partial charge in [0.1, 0.15) is 0 Å². The molecule has 26 heavy (non-hydrogen) atoms. The number of alkyl halides is 3. The number of hydrogen-bond donors (Lipinski definition) is 1. The summed E-state index contributed by atoms with van der Waals surface area (Å²) in [5.74, 6) is 0.668. The van der Waals surface area contributed by atoms with E-state index in [0.717, 1.165) is 28.5 Å². The highest BCUT2D eigenvalue weighted by atomic mass is 32.2. The molecule has 0 aliphatic heterocycles. The number of nitrogens with one attached hydrogen (secondary N) is 1. The number of fused-ring (bicyclic) bond motifs is 1. The first-order chi connectivity index (χ1) is 12.4. The highest BCUT2D eigenvalue weighted by Gasteiger charge is 2.29. The second kappa shape index (κ2) is 7.83. The smallest absolute Gasteiger partial charge is 0.325 e. The van der Waals surface area contributed by atoms with Crippen molar-refractivity contribution in [3.63, 3.8) is 0 Å². The first-order valence-electron chi connectivity index (χ1n) is 7.95. The summed E-state index contributed by atoms with van der Waals surface area (Å²) in [6.45, 7) is 0. The maximum Gasteiger partial charge on any atom is 0.416 e. The molecule has 0 atom stereocenters. The topological polar surface area (TPSA) is 29.1 Å². The third kappa shape index (κ3) is 4.58. The van der Waals surface area contributed by atoms with Gasteiger partial charge in [0.05, 0.1) is 11.3 Å². The summed E-state index contributed by atoms with van der Waals surface area (Å²) in [5.41, 5.74) is 0.769. The maximum absolute atomic E-state index is 12.5. The molecule has 134 valence electrons. The Balaban J connectivity index is 1.54. The average Bonchev–Trinajstić information content (AvgIpc) is 2.61. The fourth-order valence-corrected chi connectivity index (χ4v) is 3.44. The number of halogens is 3. The zero-order chi connectivity index (χ0) is 18.6. The van der Waals surface area contributed by atoms with Gasteiger partial charge in [0.15, 0.2) is 0 Å². The van der Waals surface area contributed by atoms with Crippen LogP contribution < -0.4 is 5.32 Å². The number of rotatable bonds is 5.